The number of amides is 1. The minimum absolute atomic E-state index is 0.0555. The van der Waals surface area contributed by atoms with E-state index >= 15 is 0 Å². The summed E-state index contributed by atoms with van der Waals surface area (Å²) < 4.78 is 0. The lowest BCUT2D eigenvalue weighted by Crippen LogP contribution is -2.33. The zero-order valence-corrected chi connectivity index (χ0v) is 6.78. The first-order valence-corrected chi connectivity index (χ1v) is 3.36. The molecule has 0 aromatic carbocycles. The molecule has 0 heterocycles. The van der Waals surface area contributed by atoms with Crippen molar-refractivity contribution in [1.29, 1.82) is 0 Å². The van der Waals surface area contributed by atoms with Crippen LogP contribution in [-0.2, 0) is 19.4 Å². The molecule has 70 valence electrons. The molecule has 0 fully saturated rings. The van der Waals surface area contributed by atoms with Crippen LogP contribution >= 0.6 is 0 Å². The van der Waals surface area contributed by atoms with Crippen molar-refractivity contribution in [3.05, 3.63) is 0 Å². The first-order valence-electron chi connectivity index (χ1n) is 3.36. The van der Waals surface area contributed by atoms with Crippen molar-refractivity contribution >= 4 is 11.9 Å². The Balaban J connectivity index is 3.63. The van der Waals surface area contributed by atoms with E-state index in [1.807, 2.05) is 0 Å². The third-order valence-corrected chi connectivity index (χ3v) is 1.17. The molecule has 0 aliphatic carbocycles. The van der Waals surface area contributed by atoms with Crippen LogP contribution in [0, 0.1) is 0 Å². The van der Waals surface area contributed by atoms with E-state index in [-0.39, 0.29) is 12.8 Å². The Morgan fingerprint density at radius 2 is 2.08 bits per heavy atom. The third-order valence-electron chi connectivity index (χ3n) is 1.17. The standard InChI is InChI=1S/C6H12N2O4/c1-11-12-6(10)4(7)2-3-5(8)9/h4H,2-3,7H2,1H3,(H2,8,9). The van der Waals surface area contributed by atoms with Gasteiger partial charge in [-0.25, -0.2) is 4.79 Å². The maximum Gasteiger partial charge on any atom is 0.358 e. The minimum atomic E-state index is -0.863. The highest BCUT2D eigenvalue weighted by atomic mass is 17.2. The molecule has 1 amide bonds. The number of hydrogen-bond acceptors (Lipinski definition) is 5. The van der Waals surface area contributed by atoms with Gasteiger partial charge in [0.05, 0.1) is 7.11 Å². The second-order valence-electron chi connectivity index (χ2n) is 2.18. The van der Waals surface area contributed by atoms with Crippen LogP contribution in [0.1, 0.15) is 12.8 Å². The maximum atomic E-state index is 10.7. The largest absolute Gasteiger partial charge is 0.370 e. The predicted octanol–water partition coefficient (Wildman–Crippen LogP) is -1.32. The number of carbonyl (C=O) groups excluding carboxylic acids is 2. The summed E-state index contributed by atoms with van der Waals surface area (Å²) in [6.07, 6.45) is 0.220. The molecule has 0 saturated carbocycles. The zero-order chi connectivity index (χ0) is 9.56. The monoisotopic (exact) mass is 176 g/mol. The fourth-order valence-corrected chi connectivity index (χ4v) is 0.560. The van der Waals surface area contributed by atoms with Crippen molar-refractivity contribution in [2.75, 3.05) is 7.11 Å². The summed E-state index contributed by atoms with van der Waals surface area (Å²) in [6.45, 7) is 0. The van der Waals surface area contributed by atoms with Gasteiger partial charge in [0.15, 0.2) is 0 Å². The van der Waals surface area contributed by atoms with Gasteiger partial charge in [0.25, 0.3) is 0 Å². The van der Waals surface area contributed by atoms with Crippen molar-refractivity contribution in [2.45, 2.75) is 18.9 Å². The smallest absolute Gasteiger partial charge is 0.358 e. The Morgan fingerprint density at radius 1 is 1.50 bits per heavy atom. The molecular weight excluding hydrogens is 164 g/mol. The van der Waals surface area contributed by atoms with Gasteiger partial charge in [0.1, 0.15) is 6.04 Å². The molecule has 0 bridgehead atoms. The van der Waals surface area contributed by atoms with E-state index in [0.29, 0.717) is 0 Å². The van der Waals surface area contributed by atoms with Crippen LogP contribution in [0.5, 0.6) is 0 Å². The molecule has 6 nitrogen and oxygen atoms in total. The first-order chi connectivity index (χ1) is 5.57. The van der Waals surface area contributed by atoms with E-state index in [1.54, 1.807) is 0 Å². The first kappa shape index (κ1) is 10.9. The fourth-order valence-electron chi connectivity index (χ4n) is 0.560. The number of carbonyl (C=O) groups is 2. The highest BCUT2D eigenvalue weighted by Crippen LogP contribution is 1.96. The molecule has 0 aromatic rings. The van der Waals surface area contributed by atoms with Crippen molar-refractivity contribution in [3.8, 4) is 0 Å². The average molecular weight is 176 g/mol. The minimum Gasteiger partial charge on any atom is -0.370 e. The normalized spacial score (nSPS) is 12.2. The Bertz CT molecular complexity index is 171. The van der Waals surface area contributed by atoms with Crippen molar-refractivity contribution in [3.63, 3.8) is 0 Å². The van der Waals surface area contributed by atoms with Crippen LogP contribution in [0.3, 0.4) is 0 Å². The lowest BCUT2D eigenvalue weighted by atomic mass is 10.2. The third kappa shape index (κ3) is 4.64. The van der Waals surface area contributed by atoms with Gasteiger partial charge in [0, 0.05) is 6.42 Å². The van der Waals surface area contributed by atoms with Crippen molar-refractivity contribution < 1.29 is 19.4 Å². The summed E-state index contributed by atoms with van der Waals surface area (Å²) in [6, 6.07) is -0.863. The Kier molecular flexibility index (Phi) is 4.98. The Morgan fingerprint density at radius 3 is 2.50 bits per heavy atom. The fraction of sp³-hybridized carbons (Fsp3) is 0.667. The second kappa shape index (κ2) is 5.50. The van der Waals surface area contributed by atoms with Gasteiger partial charge in [-0.2, -0.15) is 4.89 Å². The Labute approximate surface area is 69.7 Å². The molecule has 1 unspecified atom stereocenters. The van der Waals surface area contributed by atoms with E-state index in [1.165, 1.54) is 7.11 Å². The molecule has 1 atom stereocenters. The van der Waals surface area contributed by atoms with E-state index < -0.39 is 17.9 Å². The summed E-state index contributed by atoms with van der Waals surface area (Å²) in [5.74, 6) is -1.21. The summed E-state index contributed by atoms with van der Waals surface area (Å²) in [5.41, 5.74) is 10.1. The predicted molar refractivity (Wildman–Crippen MR) is 39.5 cm³/mol. The van der Waals surface area contributed by atoms with E-state index in [2.05, 4.69) is 9.78 Å². The summed E-state index contributed by atoms with van der Waals surface area (Å²) >= 11 is 0. The van der Waals surface area contributed by atoms with E-state index in [4.69, 9.17) is 11.5 Å². The molecule has 0 rings (SSSR count). The van der Waals surface area contributed by atoms with Crippen molar-refractivity contribution in [2.24, 2.45) is 11.5 Å². The quantitative estimate of drug-likeness (QED) is 0.399. The zero-order valence-electron chi connectivity index (χ0n) is 6.78. The van der Waals surface area contributed by atoms with Gasteiger partial charge in [0.2, 0.25) is 5.91 Å². The second-order valence-corrected chi connectivity index (χ2v) is 2.18. The number of primary amides is 1. The molecule has 0 saturated heterocycles. The van der Waals surface area contributed by atoms with Crippen LogP contribution in [0.25, 0.3) is 0 Å². The summed E-state index contributed by atoms with van der Waals surface area (Å²) in [7, 11) is 1.19. The van der Waals surface area contributed by atoms with Gasteiger partial charge < -0.3 is 11.5 Å². The summed E-state index contributed by atoms with van der Waals surface area (Å²) in [5, 5.41) is 0. The van der Waals surface area contributed by atoms with E-state index in [9.17, 15) is 9.59 Å². The molecule has 0 spiro atoms. The molecule has 0 aromatic heterocycles. The molecular formula is C6H12N2O4. The van der Waals surface area contributed by atoms with Crippen LogP contribution in [0.4, 0.5) is 0 Å². The number of nitrogens with two attached hydrogens (primary N) is 2. The maximum absolute atomic E-state index is 10.7. The van der Waals surface area contributed by atoms with Gasteiger partial charge in [-0.3, -0.25) is 9.68 Å². The SMILES string of the molecule is COOC(=O)C(N)CCC(N)=O. The summed E-state index contributed by atoms with van der Waals surface area (Å²) in [4.78, 5) is 29.2. The van der Waals surface area contributed by atoms with Crippen LogP contribution < -0.4 is 11.5 Å². The Hall–Kier alpha value is -1.14. The molecule has 12 heavy (non-hydrogen) atoms. The average Bonchev–Trinajstić information content (AvgIpc) is 2.00. The van der Waals surface area contributed by atoms with Crippen LogP contribution in [0.2, 0.25) is 0 Å². The lowest BCUT2D eigenvalue weighted by molar-refractivity contribution is -0.256. The molecule has 6 heteroatoms. The highest BCUT2D eigenvalue weighted by Gasteiger charge is 2.16. The van der Waals surface area contributed by atoms with Gasteiger partial charge in [-0.15, -0.1) is 0 Å². The van der Waals surface area contributed by atoms with E-state index in [0.717, 1.165) is 0 Å². The van der Waals surface area contributed by atoms with Gasteiger partial charge in [-0.05, 0) is 6.42 Å². The number of hydrogen-bond donors (Lipinski definition) is 2. The molecule has 4 N–H and O–H groups in total. The molecule has 0 aliphatic rings. The van der Waals surface area contributed by atoms with Crippen LogP contribution in [-0.4, -0.2) is 25.0 Å². The highest BCUT2D eigenvalue weighted by molar-refractivity contribution is 5.77. The topological polar surface area (TPSA) is 105 Å². The van der Waals surface area contributed by atoms with Crippen molar-refractivity contribution in [1.82, 2.24) is 0 Å². The van der Waals surface area contributed by atoms with Crippen LogP contribution in [0.15, 0.2) is 0 Å². The lowest BCUT2D eigenvalue weighted by Gasteiger charge is -2.06. The van der Waals surface area contributed by atoms with Gasteiger partial charge >= 0.3 is 5.97 Å². The molecule has 0 radical (unpaired) electrons. The molecule has 0 aliphatic heterocycles. The number of rotatable bonds is 5. The van der Waals surface area contributed by atoms with Gasteiger partial charge in [-0.1, -0.05) is 0 Å².